The van der Waals surface area contributed by atoms with Crippen LogP contribution in [-0.4, -0.2) is 52.8 Å². The van der Waals surface area contributed by atoms with Gasteiger partial charge in [-0.2, -0.15) is 4.58 Å². The van der Waals surface area contributed by atoms with Gasteiger partial charge in [0.2, 0.25) is 0 Å². The van der Waals surface area contributed by atoms with Crippen molar-refractivity contribution in [1.29, 1.82) is 0 Å². The highest BCUT2D eigenvalue weighted by atomic mass is 16.5. The molecule has 0 aromatic rings. The minimum atomic E-state index is 0.402. The molecule has 0 bridgehead atoms. The summed E-state index contributed by atoms with van der Waals surface area (Å²) in [4.78, 5) is 2.45. The zero-order valence-electron chi connectivity index (χ0n) is 15.8. The Kier molecular flexibility index (Phi) is 5.05. The van der Waals surface area contributed by atoms with Crippen LogP contribution in [0.15, 0.2) is 24.1 Å². The topological polar surface area (TPSA) is 24.7 Å². The lowest BCUT2D eigenvalue weighted by molar-refractivity contribution is -0.558. The Morgan fingerprint density at radius 3 is 2.56 bits per heavy atom. The molecule has 4 aliphatic rings. The van der Waals surface area contributed by atoms with Crippen molar-refractivity contribution >= 4 is 5.90 Å². The summed E-state index contributed by atoms with van der Waals surface area (Å²) in [6.07, 6.45) is 17.5. The summed E-state index contributed by atoms with van der Waals surface area (Å²) >= 11 is 0. The van der Waals surface area contributed by atoms with Crippen molar-refractivity contribution in [2.45, 2.75) is 89.5 Å². The number of ether oxygens (including phenoxy) is 2. The van der Waals surface area contributed by atoms with Crippen molar-refractivity contribution in [2.75, 3.05) is 13.1 Å². The van der Waals surface area contributed by atoms with E-state index in [9.17, 15) is 0 Å². The summed E-state index contributed by atoms with van der Waals surface area (Å²) < 4.78 is 15.0. The number of allylic oxidation sites excluding steroid dienone is 2. The van der Waals surface area contributed by atoms with Crippen LogP contribution in [0.4, 0.5) is 0 Å². The summed E-state index contributed by atoms with van der Waals surface area (Å²) in [7, 11) is 0. The van der Waals surface area contributed by atoms with Crippen molar-refractivity contribution in [3.8, 4) is 0 Å². The van der Waals surface area contributed by atoms with E-state index in [4.69, 9.17) is 9.47 Å². The molecule has 0 aromatic heterocycles. The molecule has 138 valence electrons. The van der Waals surface area contributed by atoms with Crippen molar-refractivity contribution in [3.05, 3.63) is 24.1 Å². The van der Waals surface area contributed by atoms with E-state index in [0.29, 0.717) is 24.3 Å². The molecule has 2 aliphatic carbocycles. The third-order valence-corrected chi connectivity index (χ3v) is 6.41. The van der Waals surface area contributed by atoms with E-state index in [1.807, 2.05) is 0 Å². The molecule has 2 heterocycles. The molecule has 0 amide bonds. The Hall–Kier alpha value is -1.45. The fraction of sp³-hybridized carbons (Fsp3) is 0.762. The maximum absolute atomic E-state index is 6.25. The Balaban J connectivity index is 1.48. The Morgan fingerprint density at radius 1 is 1.00 bits per heavy atom. The molecule has 3 fully saturated rings. The summed E-state index contributed by atoms with van der Waals surface area (Å²) in [5.41, 5.74) is 0. The van der Waals surface area contributed by atoms with Crippen LogP contribution in [0.3, 0.4) is 0 Å². The molecular formula is C21H33N2O2+. The molecule has 0 spiro atoms. The molecule has 1 saturated heterocycles. The van der Waals surface area contributed by atoms with Gasteiger partial charge in [0.15, 0.2) is 18.0 Å². The van der Waals surface area contributed by atoms with E-state index in [0.717, 1.165) is 24.9 Å². The zero-order chi connectivity index (χ0) is 17.2. The van der Waals surface area contributed by atoms with Crippen molar-refractivity contribution in [2.24, 2.45) is 0 Å². The maximum Gasteiger partial charge on any atom is 0.363 e. The van der Waals surface area contributed by atoms with Gasteiger partial charge in [-0.25, -0.2) is 0 Å². The zero-order valence-corrected chi connectivity index (χ0v) is 15.8. The maximum atomic E-state index is 6.25. The number of nitrogens with zero attached hydrogens (tertiary/aromatic N) is 2. The van der Waals surface area contributed by atoms with Crippen LogP contribution in [0.5, 0.6) is 0 Å². The first-order valence-electron chi connectivity index (χ1n) is 10.4. The SMILES string of the molecule is CCN1/C(=C/C=C/C2=[N+](CC)C3CCCCC3O2)OC2CCCCC21. The molecule has 0 N–H and O–H groups in total. The van der Waals surface area contributed by atoms with Crippen LogP contribution in [0.25, 0.3) is 0 Å². The third-order valence-electron chi connectivity index (χ3n) is 6.41. The largest absolute Gasteiger partial charge is 0.474 e. The van der Waals surface area contributed by atoms with Gasteiger partial charge in [0, 0.05) is 13.0 Å². The molecule has 2 saturated carbocycles. The quantitative estimate of drug-likeness (QED) is 0.724. The highest BCUT2D eigenvalue weighted by molar-refractivity contribution is 5.84. The minimum Gasteiger partial charge on any atom is -0.474 e. The average molecular weight is 346 g/mol. The molecule has 4 heteroatoms. The normalized spacial score (nSPS) is 36.6. The van der Waals surface area contributed by atoms with Gasteiger partial charge in [0.25, 0.3) is 0 Å². The standard InChI is InChI=1S/C21H33N2O2/c1-3-22-16-10-5-7-12-18(16)24-20(22)14-9-15-21-23(4-2)17-11-6-8-13-19(17)25-21/h9,14-19H,3-8,10-13H2,1-2H3/q+1. The first-order valence-corrected chi connectivity index (χ1v) is 10.4. The predicted octanol–water partition coefficient (Wildman–Crippen LogP) is 3.82. The number of likely N-dealkylation sites (N-methyl/N-ethyl adjacent to an activating group) is 2. The van der Waals surface area contributed by atoms with Gasteiger partial charge >= 0.3 is 5.90 Å². The van der Waals surface area contributed by atoms with E-state index in [-0.39, 0.29) is 0 Å². The Morgan fingerprint density at radius 2 is 1.76 bits per heavy atom. The lowest BCUT2D eigenvalue weighted by Gasteiger charge is -2.28. The monoisotopic (exact) mass is 345 g/mol. The Labute approximate surface area is 152 Å². The number of hydrogen-bond donors (Lipinski definition) is 0. The lowest BCUT2D eigenvalue weighted by Crippen LogP contribution is -2.36. The second kappa shape index (κ2) is 7.43. The molecule has 4 rings (SSSR count). The molecular weight excluding hydrogens is 312 g/mol. The smallest absolute Gasteiger partial charge is 0.363 e. The van der Waals surface area contributed by atoms with Crippen LogP contribution in [0.2, 0.25) is 0 Å². The van der Waals surface area contributed by atoms with E-state index >= 15 is 0 Å². The molecule has 0 aromatic carbocycles. The van der Waals surface area contributed by atoms with Gasteiger partial charge in [-0.3, -0.25) is 0 Å². The fourth-order valence-corrected chi connectivity index (χ4v) is 5.18. The summed E-state index contributed by atoms with van der Waals surface area (Å²) in [5.74, 6) is 2.10. The fourth-order valence-electron chi connectivity index (χ4n) is 5.18. The number of hydrogen-bond acceptors (Lipinski definition) is 3. The van der Waals surface area contributed by atoms with Crippen LogP contribution in [0.1, 0.15) is 65.2 Å². The molecule has 0 radical (unpaired) electrons. The van der Waals surface area contributed by atoms with E-state index in [1.165, 1.54) is 51.4 Å². The van der Waals surface area contributed by atoms with Gasteiger partial charge in [-0.05, 0) is 64.5 Å². The van der Waals surface area contributed by atoms with Gasteiger partial charge in [-0.15, -0.1) is 0 Å². The number of fused-ring (bicyclic) bond motifs is 2. The highest BCUT2D eigenvalue weighted by Crippen LogP contribution is 2.35. The van der Waals surface area contributed by atoms with Crippen molar-refractivity contribution in [1.82, 2.24) is 4.90 Å². The van der Waals surface area contributed by atoms with Crippen LogP contribution >= 0.6 is 0 Å². The van der Waals surface area contributed by atoms with E-state index in [2.05, 4.69) is 41.6 Å². The minimum absolute atomic E-state index is 0.402. The number of rotatable bonds is 4. The van der Waals surface area contributed by atoms with Crippen molar-refractivity contribution < 1.29 is 14.0 Å². The van der Waals surface area contributed by atoms with Crippen LogP contribution in [-0.2, 0) is 9.47 Å². The van der Waals surface area contributed by atoms with Crippen molar-refractivity contribution in [3.63, 3.8) is 0 Å². The first kappa shape index (κ1) is 17.0. The summed E-state index contributed by atoms with van der Waals surface area (Å²) in [5, 5.41) is 0. The molecule has 2 aliphatic heterocycles. The second-order valence-electron chi connectivity index (χ2n) is 7.79. The van der Waals surface area contributed by atoms with Crippen LogP contribution in [0, 0.1) is 0 Å². The summed E-state index contributed by atoms with van der Waals surface area (Å²) in [6, 6.07) is 1.17. The van der Waals surface area contributed by atoms with Gasteiger partial charge in [0.05, 0.1) is 12.1 Å². The molecule has 4 unspecified atom stereocenters. The van der Waals surface area contributed by atoms with Gasteiger partial charge < -0.3 is 14.4 Å². The molecule has 25 heavy (non-hydrogen) atoms. The molecule has 4 atom stereocenters. The second-order valence-corrected chi connectivity index (χ2v) is 7.79. The lowest BCUT2D eigenvalue weighted by atomic mass is 9.92. The van der Waals surface area contributed by atoms with Crippen LogP contribution < -0.4 is 0 Å². The first-order chi connectivity index (χ1) is 12.3. The highest BCUT2D eigenvalue weighted by Gasteiger charge is 2.43. The van der Waals surface area contributed by atoms with E-state index < -0.39 is 0 Å². The average Bonchev–Trinajstić information content (AvgIpc) is 3.18. The Bertz CT molecular complexity index is 580. The summed E-state index contributed by atoms with van der Waals surface area (Å²) in [6.45, 7) is 6.52. The van der Waals surface area contributed by atoms with Gasteiger partial charge in [0.1, 0.15) is 12.6 Å². The predicted molar refractivity (Wildman–Crippen MR) is 99.7 cm³/mol. The van der Waals surface area contributed by atoms with Gasteiger partial charge in [-0.1, -0.05) is 6.42 Å². The third kappa shape index (κ3) is 3.20. The van der Waals surface area contributed by atoms with E-state index in [1.54, 1.807) is 0 Å². The molecule has 4 nitrogen and oxygen atoms in total.